The van der Waals surface area contributed by atoms with Crippen molar-refractivity contribution in [1.82, 2.24) is 4.98 Å². The molecule has 0 atom stereocenters. The van der Waals surface area contributed by atoms with Crippen molar-refractivity contribution in [3.8, 4) is 0 Å². The van der Waals surface area contributed by atoms with E-state index in [0.29, 0.717) is 0 Å². The van der Waals surface area contributed by atoms with E-state index in [-0.39, 0.29) is 0 Å². The zero-order chi connectivity index (χ0) is 10.5. The summed E-state index contributed by atoms with van der Waals surface area (Å²) in [6.45, 7) is 0. The van der Waals surface area contributed by atoms with Crippen molar-refractivity contribution in [1.29, 1.82) is 0 Å². The van der Waals surface area contributed by atoms with Crippen molar-refractivity contribution in [3.63, 3.8) is 0 Å². The van der Waals surface area contributed by atoms with Crippen LogP contribution in [0.3, 0.4) is 0 Å². The molecular formula is C13H12BrN. The normalized spacial score (nSPS) is 11.3. The van der Waals surface area contributed by atoms with Crippen molar-refractivity contribution in [3.05, 3.63) is 48.2 Å². The molecule has 2 aromatic rings. The average Bonchev–Trinajstić information content (AvgIpc) is 2.29. The lowest BCUT2D eigenvalue weighted by atomic mass is 10.1. The molecule has 1 heterocycles. The predicted molar refractivity (Wildman–Crippen MR) is 69.2 cm³/mol. The van der Waals surface area contributed by atoms with Gasteiger partial charge in [0.1, 0.15) is 0 Å². The van der Waals surface area contributed by atoms with Crippen LogP contribution in [0, 0.1) is 0 Å². The van der Waals surface area contributed by atoms with E-state index >= 15 is 0 Å². The quantitative estimate of drug-likeness (QED) is 0.761. The highest BCUT2D eigenvalue weighted by molar-refractivity contribution is 9.09. The minimum atomic E-state index is 1.00. The molecule has 2 heteroatoms. The Morgan fingerprint density at radius 1 is 1.27 bits per heavy atom. The number of rotatable bonds is 3. The van der Waals surface area contributed by atoms with Crippen molar-refractivity contribution < 1.29 is 0 Å². The molecular weight excluding hydrogens is 250 g/mol. The molecule has 0 fully saturated rings. The first-order valence-electron chi connectivity index (χ1n) is 4.97. The van der Waals surface area contributed by atoms with E-state index in [1.807, 2.05) is 24.4 Å². The maximum atomic E-state index is 4.40. The van der Waals surface area contributed by atoms with Gasteiger partial charge >= 0.3 is 0 Å². The van der Waals surface area contributed by atoms with Crippen molar-refractivity contribution >= 4 is 32.9 Å². The second kappa shape index (κ2) is 5.08. The number of pyridine rings is 1. The predicted octanol–water partition coefficient (Wildman–Crippen LogP) is 4.03. The number of para-hydroxylation sites is 1. The first-order chi connectivity index (χ1) is 7.40. The lowest BCUT2D eigenvalue weighted by molar-refractivity contribution is 1.27. The van der Waals surface area contributed by atoms with Gasteiger partial charge in [-0.3, -0.25) is 4.98 Å². The summed E-state index contributed by atoms with van der Waals surface area (Å²) in [6, 6.07) is 10.3. The number of nitrogens with zero attached hydrogens (tertiary/aromatic N) is 1. The summed E-state index contributed by atoms with van der Waals surface area (Å²) in [4.78, 5) is 4.40. The molecule has 1 aromatic heterocycles. The van der Waals surface area contributed by atoms with Gasteiger partial charge in [-0.25, -0.2) is 0 Å². The van der Waals surface area contributed by atoms with E-state index < -0.39 is 0 Å². The van der Waals surface area contributed by atoms with Gasteiger partial charge in [-0.05, 0) is 24.1 Å². The summed E-state index contributed by atoms with van der Waals surface area (Å²) in [5, 5.41) is 2.20. The Balaban J connectivity index is 2.30. The van der Waals surface area contributed by atoms with Gasteiger partial charge in [0.05, 0.1) is 5.52 Å². The molecule has 0 aliphatic carbocycles. The van der Waals surface area contributed by atoms with Gasteiger partial charge in [0.25, 0.3) is 0 Å². The molecule has 0 bridgehead atoms. The topological polar surface area (TPSA) is 12.9 Å². The fourth-order valence-electron chi connectivity index (χ4n) is 1.46. The summed E-state index contributed by atoms with van der Waals surface area (Å²) in [5.74, 6) is 0. The van der Waals surface area contributed by atoms with Gasteiger partial charge in [0.2, 0.25) is 0 Å². The van der Waals surface area contributed by atoms with E-state index in [0.717, 1.165) is 22.8 Å². The third-order valence-electron chi connectivity index (χ3n) is 2.20. The van der Waals surface area contributed by atoms with Gasteiger partial charge in [-0.2, -0.15) is 0 Å². The van der Waals surface area contributed by atoms with Crippen molar-refractivity contribution in [2.75, 3.05) is 5.33 Å². The Morgan fingerprint density at radius 2 is 2.13 bits per heavy atom. The highest BCUT2D eigenvalue weighted by Gasteiger charge is 1.93. The number of fused-ring (bicyclic) bond motifs is 1. The Bertz CT molecular complexity index is 477. The number of alkyl halides is 1. The smallest absolute Gasteiger partial charge is 0.0702 e. The summed E-state index contributed by atoms with van der Waals surface area (Å²) >= 11 is 3.40. The van der Waals surface area contributed by atoms with Crippen LogP contribution in [-0.2, 0) is 0 Å². The van der Waals surface area contributed by atoms with Crippen LogP contribution in [0.5, 0.6) is 0 Å². The summed E-state index contributed by atoms with van der Waals surface area (Å²) in [6.07, 6.45) is 7.22. The molecule has 0 saturated heterocycles. The van der Waals surface area contributed by atoms with Gasteiger partial charge < -0.3 is 0 Å². The van der Waals surface area contributed by atoms with E-state index in [2.05, 4.69) is 45.2 Å². The second-order valence-corrected chi connectivity index (χ2v) is 4.13. The zero-order valence-electron chi connectivity index (χ0n) is 8.36. The van der Waals surface area contributed by atoms with Crippen molar-refractivity contribution in [2.45, 2.75) is 6.42 Å². The molecule has 15 heavy (non-hydrogen) atoms. The lowest BCUT2D eigenvalue weighted by Gasteiger charge is -1.97. The summed E-state index contributed by atoms with van der Waals surface area (Å²) in [5.41, 5.74) is 2.21. The van der Waals surface area contributed by atoms with Gasteiger partial charge in [0, 0.05) is 16.9 Å². The standard InChI is InChI=1S/C13H12BrN/c14-8-4-3-5-11-9-12-6-1-2-7-13(12)15-10-11/h1-3,5-7,9-10H,4,8H2. The van der Waals surface area contributed by atoms with Gasteiger partial charge in [-0.1, -0.05) is 46.3 Å². The highest BCUT2D eigenvalue weighted by atomic mass is 79.9. The maximum absolute atomic E-state index is 4.40. The molecule has 1 aromatic carbocycles. The van der Waals surface area contributed by atoms with E-state index in [1.54, 1.807) is 0 Å². The number of halogens is 1. The Hall–Kier alpha value is -1.15. The third kappa shape index (κ3) is 2.66. The summed E-state index contributed by atoms with van der Waals surface area (Å²) < 4.78 is 0. The number of benzene rings is 1. The number of hydrogen-bond donors (Lipinski definition) is 0. The lowest BCUT2D eigenvalue weighted by Crippen LogP contribution is -1.80. The van der Waals surface area contributed by atoms with E-state index in [4.69, 9.17) is 0 Å². The van der Waals surface area contributed by atoms with E-state index in [9.17, 15) is 0 Å². The largest absolute Gasteiger partial charge is 0.256 e. The van der Waals surface area contributed by atoms with Crippen LogP contribution in [0.1, 0.15) is 12.0 Å². The van der Waals surface area contributed by atoms with E-state index in [1.165, 1.54) is 5.39 Å². The van der Waals surface area contributed by atoms with Crippen LogP contribution < -0.4 is 0 Å². The fourth-order valence-corrected chi connectivity index (χ4v) is 1.73. The second-order valence-electron chi connectivity index (χ2n) is 3.34. The Kier molecular flexibility index (Phi) is 3.51. The minimum Gasteiger partial charge on any atom is -0.256 e. The molecule has 0 radical (unpaired) electrons. The number of hydrogen-bond acceptors (Lipinski definition) is 1. The monoisotopic (exact) mass is 261 g/mol. The molecule has 76 valence electrons. The minimum absolute atomic E-state index is 1.00. The third-order valence-corrected chi connectivity index (χ3v) is 2.66. The first kappa shape index (κ1) is 10.4. The Labute approximate surface area is 98.0 Å². The first-order valence-corrected chi connectivity index (χ1v) is 6.09. The van der Waals surface area contributed by atoms with Gasteiger partial charge in [0.15, 0.2) is 0 Å². The molecule has 0 spiro atoms. The van der Waals surface area contributed by atoms with Crippen LogP contribution in [-0.4, -0.2) is 10.3 Å². The molecule has 0 amide bonds. The van der Waals surface area contributed by atoms with Crippen LogP contribution in [0.25, 0.3) is 17.0 Å². The molecule has 1 nitrogen and oxygen atoms in total. The summed E-state index contributed by atoms with van der Waals surface area (Å²) in [7, 11) is 0. The molecule has 0 aliphatic rings. The fraction of sp³-hybridized carbons (Fsp3) is 0.154. The van der Waals surface area contributed by atoms with Crippen LogP contribution >= 0.6 is 15.9 Å². The Morgan fingerprint density at radius 3 is 3.00 bits per heavy atom. The average molecular weight is 262 g/mol. The van der Waals surface area contributed by atoms with Crippen molar-refractivity contribution in [2.24, 2.45) is 0 Å². The molecule has 2 rings (SSSR count). The SMILES string of the molecule is BrCCC=Cc1cnc2ccccc2c1. The van der Waals surface area contributed by atoms with Crippen LogP contribution in [0.2, 0.25) is 0 Å². The molecule has 0 saturated carbocycles. The number of allylic oxidation sites excluding steroid dienone is 1. The molecule has 0 unspecified atom stereocenters. The van der Waals surface area contributed by atoms with Gasteiger partial charge in [-0.15, -0.1) is 0 Å². The molecule has 0 N–H and O–H groups in total. The highest BCUT2D eigenvalue weighted by Crippen LogP contribution is 2.13. The van der Waals surface area contributed by atoms with Crippen LogP contribution in [0.15, 0.2) is 42.6 Å². The maximum Gasteiger partial charge on any atom is 0.0702 e. The molecule has 0 aliphatic heterocycles. The van der Waals surface area contributed by atoms with Crippen LogP contribution in [0.4, 0.5) is 0 Å². The number of aromatic nitrogens is 1. The zero-order valence-corrected chi connectivity index (χ0v) is 9.94.